The van der Waals surface area contributed by atoms with Crippen LogP contribution in [0.1, 0.15) is 55.7 Å². The van der Waals surface area contributed by atoms with Crippen LogP contribution in [0.25, 0.3) is 22.3 Å². The summed E-state index contributed by atoms with van der Waals surface area (Å²) in [5.74, 6) is -2.80. The number of anilines is 1. The van der Waals surface area contributed by atoms with Gasteiger partial charge in [-0.3, -0.25) is 14.4 Å². The normalized spacial score (nSPS) is 23.3. The Morgan fingerprint density at radius 2 is 1.71 bits per heavy atom. The van der Waals surface area contributed by atoms with Gasteiger partial charge in [0.25, 0.3) is 5.91 Å². The van der Waals surface area contributed by atoms with Crippen LogP contribution < -0.4 is 4.90 Å². The van der Waals surface area contributed by atoms with E-state index in [1.54, 1.807) is 25.3 Å². The van der Waals surface area contributed by atoms with Gasteiger partial charge < -0.3 is 9.30 Å². The molecule has 0 radical (unpaired) electrons. The molecule has 2 aromatic heterocycles. The van der Waals surface area contributed by atoms with Crippen LogP contribution in [0.5, 0.6) is 0 Å². The number of aromatic nitrogens is 4. The average molecular weight is 592 g/mol. The molecular weight excluding hydrogens is 564 g/mol. The van der Waals surface area contributed by atoms with Crippen LogP contribution in [-0.4, -0.2) is 44.6 Å². The minimum Gasteiger partial charge on any atom is -0.381 e. The number of hydrogen-bond acceptors (Lipinski definition) is 4. The van der Waals surface area contributed by atoms with Crippen LogP contribution in [0.15, 0.2) is 42.5 Å². The summed E-state index contributed by atoms with van der Waals surface area (Å²) in [5.41, 5.74) is 0.738. The fraction of sp³-hybridized carbons (Fsp3) is 0.414. The zero-order chi connectivity index (χ0) is 29.9. The minimum atomic E-state index is -4.61. The molecule has 0 bridgehead atoms. The van der Waals surface area contributed by atoms with Gasteiger partial charge in [-0.2, -0.15) is 18.3 Å². The van der Waals surface area contributed by atoms with Crippen molar-refractivity contribution in [1.29, 1.82) is 0 Å². The van der Waals surface area contributed by atoms with Crippen molar-refractivity contribution in [2.24, 2.45) is 7.05 Å². The zero-order valence-corrected chi connectivity index (χ0v) is 22.7. The second-order valence-electron chi connectivity index (χ2n) is 10.8. The molecule has 2 atom stereocenters. The van der Waals surface area contributed by atoms with Crippen LogP contribution in [0, 0.1) is 11.6 Å². The summed E-state index contributed by atoms with van der Waals surface area (Å²) >= 11 is 0. The molecule has 42 heavy (non-hydrogen) atoms. The van der Waals surface area contributed by atoms with Gasteiger partial charge >= 0.3 is 6.18 Å². The second-order valence-corrected chi connectivity index (χ2v) is 10.8. The first-order valence-corrected chi connectivity index (χ1v) is 13.5. The van der Waals surface area contributed by atoms with E-state index in [2.05, 4.69) is 5.10 Å². The second kappa shape index (κ2) is 10.4. The number of carbonyl (C=O) groups is 1. The maximum absolute atomic E-state index is 15.0. The summed E-state index contributed by atoms with van der Waals surface area (Å²) in [7, 11) is 3.07. The fourth-order valence-electron chi connectivity index (χ4n) is 6.18. The molecule has 1 saturated carbocycles. The number of carbonyl (C=O) groups excluding carboxylic acids is 1. The van der Waals surface area contributed by atoms with Crippen molar-refractivity contribution in [3.05, 3.63) is 65.6 Å². The number of benzene rings is 2. The standard InChI is InChI=1S/C29H27F6N5O2/c1-38-24(14-26(37-38)29(33,34)35)15-3-10-23-22(11-15)36-27(39(23)16-4-7-18(42-2)8-5-16)25-13-21(32)28(41)40(25)17-6-9-19(30)20(31)12-17/h3,6,9-12,14,16,18,21,25H,4-5,7-8,13H2,1-2H3/t16?,18?,21-,25-/m0/s1. The summed E-state index contributed by atoms with van der Waals surface area (Å²) in [6.45, 7) is 0. The number of alkyl halides is 4. The Morgan fingerprint density at radius 3 is 2.36 bits per heavy atom. The van der Waals surface area contributed by atoms with E-state index in [0.717, 1.165) is 40.6 Å². The summed E-state index contributed by atoms with van der Waals surface area (Å²) in [6, 6.07) is 7.95. The topological polar surface area (TPSA) is 65.2 Å². The number of halogens is 6. The Kier molecular flexibility index (Phi) is 7.03. The molecule has 0 N–H and O–H groups in total. The molecule has 0 spiro atoms. The maximum atomic E-state index is 15.0. The molecule has 2 aliphatic rings. The Labute approximate surface area is 236 Å². The van der Waals surface area contributed by atoms with Crippen molar-refractivity contribution in [2.75, 3.05) is 12.0 Å². The van der Waals surface area contributed by atoms with Crippen molar-refractivity contribution < 1.29 is 35.9 Å². The van der Waals surface area contributed by atoms with Crippen molar-refractivity contribution >= 4 is 22.6 Å². The summed E-state index contributed by atoms with van der Waals surface area (Å²) in [5, 5.41) is 3.60. The van der Waals surface area contributed by atoms with Gasteiger partial charge in [-0.15, -0.1) is 0 Å². The highest BCUT2D eigenvalue weighted by Crippen LogP contribution is 2.43. The first kappa shape index (κ1) is 28.3. The third kappa shape index (κ3) is 4.83. The largest absolute Gasteiger partial charge is 0.435 e. The van der Waals surface area contributed by atoms with E-state index in [4.69, 9.17) is 9.72 Å². The Balaban J connectivity index is 1.49. The van der Waals surface area contributed by atoms with Crippen molar-refractivity contribution in [3.63, 3.8) is 0 Å². The van der Waals surface area contributed by atoms with Crippen LogP contribution >= 0.6 is 0 Å². The number of ether oxygens (including phenoxy) is 1. The molecule has 0 unspecified atom stereocenters. The Bertz CT molecular complexity index is 1660. The van der Waals surface area contributed by atoms with Gasteiger partial charge in [0.1, 0.15) is 5.82 Å². The number of fused-ring (bicyclic) bond motifs is 1. The van der Waals surface area contributed by atoms with Crippen molar-refractivity contribution in [2.45, 2.75) is 62.6 Å². The summed E-state index contributed by atoms with van der Waals surface area (Å²) in [6.07, 6.45) is -3.73. The Hall–Kier alpha value is -3.87. The fourth-order valence-corrected chi connectivity index (χ4v) is 6.18. The molecule has 2 fully saturated rings. The van der Waals surface area contributed by atoms with E-state index in [-0.39, 0.29) is 29.9 Å². The van der Waals surface area contributed by atoms with Gasteiger partial charge in [0.15, 0.2) is 23.5 Å². The van der Waals surface area contributed by atoms with Crippen LogP contribution in [-0.2, 0) is 22.8 Å². The molecule has 4 aromatic rings. The summed E-state index contributed by atoms with van der Waals surface area (Å²) < 4.78 is 91.5. The molecule has 222 valence electrons. The van der Waals surface area contributed by atoms with E-state index in [1.807, 2.05) is 4.57 Å². The number of amides is 1. The molecule has 1 amide bonds. The highest BCUT2D eigenvalue weighted by molar-refractivity contribution is 5.99. The first-order valence-electron chi connectivity index (χ1n) is 13.5. The van der Waals surface area contributed by atoms with Gasteiger partial charge in [-0.1, -0.05) is 6.07 Å². The predicted octanol–water partition coefficient (Wildman–Crippen LogP) is 6.68. The van der Waals surface area contributed by atoms with E-state index in [1.165, 1.54) is 13.1 Å². The molecule has 6 rings (SSSR count). The van der Waals surface area contributed by atoms with Gasteiger partial charge in [-0.05, 0) is 56.0 Å². The quantitative estimate of drug-likeness (QED) is 0.243. The molecular formula is C29H27F6N5O2. The number of hydrogen-bond donors (Lipinski definition) is 0. The van der Waals surface area contributed by atoms with Crippen LogP contribution in [0.3, 0.4) is 0 Å². The number of nitrogens with zero attached hydrogens (tertiary/aromatic N) is 5. The minimum absolute atomic E-state index is 0.000927. The van der Waals surface area contributed by atoms with E-state index in [0.29, 0.717) is 35.3 Å². The van der Waals surface area contributed by atoms with Gasteiger partial charge in [-0.25, -0.2) is 18.2 Å². The molecule has 1 aliphatic carbocycles. The molecule has 2 aromatic carbocycles. The highest BCUT2D eigenvalue weighted by Gasteiger charge is 2.45. The molecule has 3 heterocycles. The van der Waals surface area contributed by atoms with E-state index < -0.39 is 41.6 Å². The lowest BCUT2D eigenvalue weighted by Gasteiger charge is -2.32. The number of aryl methyl sites for hydroxylation is 1. The lowest BCUT2D eigenvalue weighted by molar-refractivity contribution is -0.141. The SMILES string of the molecule is COC1CCC(n2c([C@@H]3C[C@H](F)C(=O)N3c3ccc(F)c(F)c3)nc3cc(-c4cc(C(F)(F)F)nn4C)ccc32)CC1. The molecule has 1 aliphatic heterocycles. The van der Waals surface area contributed by atoms with E-state index >= 15 is 4.39 Å². The first-order chi connectivity index (χ1) is 20.0. The zero-order valence-electron chi connectivity index (χ0n) is 22.7. The van der Waals surface area contributed by atoms with Gasteiger partial charge in [0.2, 0.25) is 0 Å². The maximum Gasteiger partial charge on any atom is 0.435 e. The van der Waals surface area contributed by atoms with Crippen LogP contribution in [0.2, 0.25) is 0 Å². The smallest absolute Gasteiger partial charge is 0.381 e. The molecule has 13 heteroatoms. The van der Waals surface area contributed by atoms with Crippen molar-refractivity contribution in [3.8, 4) is 11.3 Å². The van der Waals surface area contributed by atoms with Gasteiger partial charge in [0.05, 0.1) is 28.9 Å². The van der Waals surface area contributed by atoms with Gasteiger partial charge in [0, 0.05) is 43.9 Å². The lowest BCUT2D eigenvalue weighted by Crippen LogP contribution is -2.32. The third-order valence-corrected chi connectivity index (χ3v) is 8.25. The monoisotopic (exact) mass is 591 g/mol. The number of rotatable bonds is 5. The lowest BCUT2D eigenvalue weighted by atomic mass is 9.92. The average Bonchev–Trinajstić information content (AvgIpc) is 3.63. The highest BCUT2D eigenvalue weighted by atomic mass is 19.4. The molecule has 1 saturated heterocycles. The molecule has 7 nitrogen and oxygen atoms in total. The van der Waals surface area contributed by atoms with E-state index in [9.17, 15) is 26.7 Å². The predicted molar refractivity (Wildman–Crippen MR) is 141 cm³/mol. The Morgan fingerprint density at radius 1 is 0.976 bits per heavy atom. The van der Waals surface area contributed by atoms with Crippen molar-refractivity contribution in [1.82, 2.24) is 19.3 Å². The number of methoxy groups -OCH3 is 1. The van der Waals surface area contributed by atoms with Crippen LogP contribution in [0.4, 0.5) is 32.0 Å². The number of imidazole rings is 1. The summed E-state index contributed by atoms with van der Waals surface area (Å²) in [4.78, 5) is 18.9. The third-order valence-electron chi connectivity index (χ3n) is 8.25.